The van der Waals surface area contributed by atoms with Crippen LogP contribution in [0.3, 0.4) is 0 Å². The highest BCUT2D eigenvalue weighted by Gasteiger charge is 2.21. The molecule has 0 unspecified atom stereocenters. The molecule has 14 aromatic rings. The number of aromatic amines is 1. The van der Waals surface area contributed by atoms with Crippen LogP contribution in [-0.2, 0) is 4.79 Å². The second-order valence-corrected chi connectivity index (χ2v) is 23.4. The van der Waals surface area contributed by atoms with Crippen molar-refractivity contribution in [2.24, 2.45) is 0 Å². The van der Waals surface area contributed by atoms with Gasteiger partial charge in [-0.3, -0.25) is 70.3 Å². The number of rotatable bonds is 18. The number of aryl methyl sites for hydroxylation is 5. The van der Waals surface area contributed by atoms with Crippen LogP contribution >= 0.6 is 0 Å². The number of H-pyrrole nitrogens is 1. The first kappa shape index (κ1) is 75.8. The van der Waals surface area contributed by atoms with Crippen LogP contribution in [0.2, 0.25) is 0 Å². The van der Waals surface area contributed by atoms with E-state index in [9.17, 15) is 24.0 Å². The summed E-state index contributed by atoms with van der Waals surface area (Å²) in [5, 5.41) is 20.5. The Labute approximate surface area is 629 Å². The second-order valence-electron chi connectivity index (χ2n) is 23.4. The van der Waals surface area contributed by atoms with Gasteiger partial charge in [-0.2, -0.15) is 45.0 Å². The first-order chi connectivity index (χ1) is 53.3. The number of aromatic nitrogens is 18. The van der Waals surface area contributed by atoms with Crippen molar-refractivity contribution in [2.75, 3.05) is 47.9 Å². The van der Waals surface area contributed by atoms with Crippen molar-refractivity contribution in [1.82, 2.24) is 89.9 Å². The molecule has 14 rings (SSSR count). The summed E-state index contributed by atoms with van der Waals surface area (Å²) in [6.07, 6.45) is 6.61. The van der Waals surface area contributed by atoms with Crippen molar-refractivity contribution in [1.29, 1.82) is 0 Å². The molecule has 31 nitrogen and oxygen atoms in total. The smallest absolute Gasteiger partial charge is 0.258 e. The van der Waals surface area contributed by atoms with Crippen molar-refractivity contribution >= 4 is 59.0 Å². The Morgan fingerprint density at radius 3 is 0.955 bits per heavy atom. The summed E-state index contributed by atoms with van der Waals surface area (Å²) in [4.78, 5) is 129. The molecular formula is C79H69N23O8. The first-order valence-corrected chi connectivity index (χ1v) is 33.6. The second kappa shape index (κ2) is 36.4. The SMILES string of the molecule is CC(=O)Nc1ccc(C(=O)Nc2nc(C)nc(-c3ccccn3)n2)cc1.COc1cc(C(=O)Nc2nc(C)nc(-c3ccccn3)n2)cc(OC)c1OC.Cc1nc(NC(=O)c2ccc(-c3cc(C)[nH]n3)cc2)nc(-c2ccccn2)n1.Cc1nc(NC(=O)c2ccc(-c3ccccc3)cc2)nc(-c2ccccn2)n1. The predicted octanol–water partition coefficient (Wildman–Crippen LogP) is 12.3. The number of pyridine rings is 4. The number of nitrogens with one attached hydrogen (secondary N) is 6. The number of hydrogen-bond acceptors (Lipinski definition) is 25. The van der Waals surface area contributed by atoms with Gasteiger partial charge in [-0.05, 0) is 161 Å². The number of methoxy groups -OCH3 is 3. The molecule has 0 saturated carbocycles. The summed E-state index contributed by atoms with van der Waals surface area (Å²) in [5.74, 6) is 3.73. The zero-order valence-electron chi connectivity index (χ0n) is 60.7. The first-order valence-electron chi connectivity index (χ1n) is 33.6. The lowest BCUT2D eigenvalue weighted by Crippen LogP contribution is -2.16. The van der Waals surface area contributed by atoms with Crippen LogP contribution in [0.1, 0.15) is 77.3 Å². The maximum atomic E-state index is 12.7. The summed E-state index contributed by atoms with van der Waals surface area (Å²) in [6, 6.07) is 57.9. The van der Waals surface area contributed by atoms with Crippen molar-refractivity contribution in [3.05, 3.63) is 270 Å². The summed E-state index contributed by atoms with van der Waals surface area (Å²) >= 11 is 0. The third-order valence-corrected chi connectivity index (χ3v) is 15.3. The van der Waals surface area contributed by atoms with E-state index in [1.165, 1.54) is 28.3 Å². The van der Waals surface area contributed by atoms with Crippen LogP contribution in [0.5, 0.6) is 17.2 Å². The normalized spacial score (nSPS) is 10.4. The van der Waals surface area contributed by atoms with E-state index in [1.54, 1.807) is 143 Å². The average molecular weight is 1470 g/mol. The number of carbonyl (C=O) groups is 5. The molecule has 5 amide bonds. The third kappa shape index (κ3) is 20.8. The molecule has 9 heterocycles. The molecule has 0 aliphatic rings. The van der Waals surface area contributed by atoms with E-state index in [0.29, 0.717) is 115 Å². The highest BCUT2D eigenvalue weighted by Crippen LogP contribution is 2.38. The molecule has 0 saturated heterocycles. The van der Waals surface area contributed by atoms with Crippen LogP contribution in [0, 0.1) is 34.6 Å². The number of benzene rings is 5. The minimum absolute atomic E-state index is 0.118. The van der Waals surface area contributed by atoms with Gasteiger partial charge in [0.05, 0.1) is 27.0 Å². The van der Waals surface area contributed by atoms with Crippen LogP contribution in [0.4, 0.5) is 29.5 Å². The number of ether oxygens (including phenoxy) is 3. The Morgan fingerprint density at radius 2 is 0.645 bits per heavy atom. The van der Waals surface area contributed by atoms with E-state index in [-0.39, 0.29) is 47.4 Å². The number of anilines is 5. The number of hydrogen-bond donors (Lipinski definition) is 6. The molecule has 0 radical (unpaired) electrons. The lowest BCUT2D eigenvalue weighted by Gasteiger charge is -2.14. The molecule has 548 valence electrons. The van der Waals surface area contributed by atoms with Gasteiger partial charge in [-0.15, -0.1) is 0 Å². The van der Waals surface area contributed by atoms with Crippen LogP contribution in [0.25, 0.3) is 68.5 Å². The van der Waals surface area contributed by atoms with Crippen LogP contribution in [0.15, 0.2) is 219 Å². The molecule has 0 atom stereocenters. The minimum atomic E-state index is -0.433. The Morgan fingerprint density at radius 1 is 0.318 bits per heavy atom. The van der Waals surface area contributed by atoms with E-state index in [4.69, 9.17) is 14.2 Å². The summed E-state index contributed by atoms with van der Waals surface area (Å²) in [7, 11) is 4.45. The highest BCUT2D eigenvalue weighted by molar-refractivity contribution is 6.06. The maximum absolute atomic E-state index is 12.7. The predicted molar refractivity (Wildman–Crippen MR) is 410 cm³/mol. The summed E-state index contributed by atoms with van der Waals surface area (Å²) < 4.78 is 15.8. The monoisotopic (exact) mass is 1470 g/mol. The highest BCUT2D eigenvalue weighted by atomic mass is 16.5. The van der Waals surface area contributed by atoms with E-state index in [1.807, 2.05) is 110 Å². The van der Waals surface area contributed by atoms with Gasteiger partial charge in [0, 0.05) is 70.9 Å². The molecule has 5 aromatic carbocycles. The van der Waals surface area contributed by atoms with Gasteiger partial charge in [0.2, 0.25) is 35.5 Å². The lowest BCUT2D eigenvalue weighted by atomic mass is 10.0. The number of nitrogens with zero attached hydrogens (tertiary/aromatic N) is 17. The number of amides is 5. The molecule has 0 aliphatic heterocycles. The topological polar surface area (TPSA) is 408 Å². The van der Waals surface area contributed by atoms with Crippen molar-refractivity contribution < 1.29 is 38.2 Å². The minimum Gasteiger partial charge on any atom is -0.493 e. The molecule has 110 heavy (non-hydrogen) atoms. The zero-order chi connectivity index (χ0) is 77.5. The average Bonchev–Trinajstić information content (AvgIpc) is 0.974. The fourth-order valence-electron chi connectivity index (χ4n) is 10.2. The van der Waals surface area contributed by atoms with Crippen LogP contribution in [-0.4, -0.2) is 141 Å². The van der Waals surface area contributed by atoms with Gasteiger partial charge in [0.15, 0.2) is 34.8 Å². The molecule has 9 aromatic heterocycles. The molecule has 0 fully saturated rings. The Kier molecular flexibility index (Phi) is 25.1. The zero-order valence-corrected chi connectivity index (χ0v) is 60.7. The Bertz CT molecular complexity index is 5500. The largest absolute Gasteiger partial charge is 0.493 e. The van der Waals surface area contributed by atoms with E-state index >= 15 is 0 Å². The van der Waals surface area contributed by atoms with Crippen molar-refractivity contribution in [2.45, 2.75) is 41.5 Å². The fourth-order valence-corrected chi connectivity index (χ4v) is 10.2. The molecule has 0 bridgehead atoms. The summed E-state index contributed by atoms with van der Waals surface area (Å²) in [5.41, 5.74) is 9.63. The van der Waals surface area contributed by atoms with Gasteiger partial charge >= 0.3 is 0 Å². The molecular weight excluding hydrogens is 1400 g/mol. The maximum Gasteiger partial charge on any atom is 0.258 e. The molecule has 31 heteroatoms. The molecule has 6 N–H and O–H groups in total. The van der Waals surface area contributed by atoms with Gasteiger partial charge in [-0.25, -0.2) is 19.9 Å². The fraction of sp³-hybridized carbons (Fsp3) is 0.114. The number of carbonyl (C=O) groups excluding carboxylic acids is 5. The van der Waals surface area contributed by atoms with Gasteiger partial charge < -0.3 is 19.5 Å². The Hall–Kier alpha value is -15.3. The van der Waals surface area contributed by atoms with Gasteiger partial charge in [0.1, 0.15) is 46.1 Å². The van der Waals surface area contributed by atoms with E-state index in [0.717, 1.165) is 28.1 Å². The Balaban J connectivity index is 0.000000146. The quantitative estimate of drug-likeness (QED) is 0.0464. The van der Waals surface area contributed by atoms with Crippen molar-refractivity contribution in [3.63, 3.8) is 0 Å². The van der Waals surface area contributed by atoms with Gasteiger partial charge in [0.25, 0.3) is 23.6 Å². The molecule has 0 aliphatic carbocycles. The standard InChI is InChI=1S/C22H17N5O.C20H17N7O.C19H19N5O4.C18H16N6O2/c1-15-24-20(19-9-5-6-14-23-19)26-22(25-15)27-21(28)18-12-10-17(11-13-18)16-7-3-2-4-8-16;1-12-11-17(27-26-12)14-6-8-15(9-7-14)19(28)25-20-23-13(2)22-18(24-20)16-5-3-4-10-21-16;1-11-21-17(13-7-5-6-8-20-13)23-19(22-11)24-18(25)12-9-14(26-2)16(28-4)15(10-12)27-3;1-11-20-16(15-5-3-4-10-19-15)23-18(21-11)24-17(26)13-6-8-14(9-7-13)22-12(2)25/h2-14H,1H3,(H,24,25,26,27,28);3-11H,1-2H3,(H,26,27)(H,22,23,24,25,28);5-10H,1-4H3,(H,21,22,23,24,25);3-10H,1-2H3,(H,22,25)(H,20,21,23,24,26). The van der Waals surface area contributed by atoms with Gasteiger partial charge in [-0.1, -0.05) is 78.9 Å². The molecule has 0 spiro atoms. The van der Waals surface area contributed by atoms with Crippen molar-refractivity contribution in [3.8, 4) is 85.7 Å². The van der Waals surface area contributed by atoms with E-state index in [2.05, 4.69) is 117 Å². The van der Waals surface area contributed by atoms with Crippen LogP contribution < -0.4 is 40.8 Å². The summed E-state index contributed by atoms with van der Waals surface area (Å²) in [6.45, 7) is 10.3. The van der Waals surface area contributed by atoms with E-state index < -0.39 is 5.91 Å². The lowest BCUT2D eigenvalue weighted by molar-refractivity contribution is -0.114. The third-order valence-electron chi connectivity index (χ3n) is 15.3.